The van der Waals surface area contributed by atoms with Crippen LogP contribution < -0.4 is 82.5 Å². The number of nitrogens with one attached hydrogen (secondary N) is 4. The summed E-state index contributed by atoms with van der Waals surface area (Å²) < 4.78 is 0. The normalized spacial score (nSPS) is 30.3. The molecule has 14 atom stereocenters. The van der Waals surface area contributed by atoms with Gasteiger partial charge in [0, 0.05) is 56.7 Å². The minimum Gasteiger partial charge on any atom is -0.851 e. The van der Waals surface area contributed by atoms with Crippen molar-refractivity contribution in [1.29, 1.82) is 0 Å². The van der Waals surface area contributed by atoms with Gasteiger partial charge in [0.1, 0.15) is 0 Å². The molecule has 0 heterocycles. The number of aliphatic hydroxyl groups excluding tert-OH is 2. The molecule has 0 aromatic heterocycles. The summed E-state index contributed by atoms with van der Waals surface area (Å²) in [5.41, 5.74) is 0. The van der Waals surface area contributed by atoms with Gasteiger partial charge in [-0.2, -0.15) is 0 Å². The van der Waals surface area contributed by atoms with Crippen LogP contribution in [0.15, 0.2) is 0 Å². The van der Waals surface area contributed by atoms with E-state index in [4.69, 9.17) is 10.2 Å². The van der Waals surface area contributed by atoms with Crippen LogP contribution in [0.3, 0.4) is 0 Å². The summed E-state index contributed by atoms with van der Waals surface area (Å²) in [6.07, 6.45) is -14.0. The monoisotopic (exact) mass is 1320 g/mol. The molecule has 0 bridgehead atoms. The van der Waals surface area contributed by atoms with Crippen molar-refractivity contribution in [2.45, 2.75) is 98.9 Å². The molecule has 4 unspecified atom stereocenters. The zero-order valence-electron chi connectivity index (χ0n) is 29.9. The molecule has 0 aliphatic heterocycles. The van der Waals surface area contributed by atoms with Crippen LogP contribution in [-0.4, -0.2) is 146 Å². The maximum atomic E-state index is 12.6. The maximum Gasteiger partial charge on any atom is 4.00 e. The SMILES string of the molecule is O=C([O-])CC[C@H]1[C@@H]([O-])[C@@H](NCC(=O)[O-])[C@@H]([O-])[C@@H](NC(CCO)C(=O)[O-])[C@H]1[O-].O=C([O-])CN[C@@H]1C([O-])[C@H](NCC(=O)[O-])[C@H]([O-])C(CC(CCO)C(=O)[O-])[C@@H]1[O-].[Hf+4].[Hf+4].[Hf+4]. The molecule has 2 aliphatic rings. The Kier molecular flexibility index (Phi) is 31.8. The van der Waals surface area contributed by atoms with E-state index in [9.17, 15) is 90.0 Å². The Bertz CT molecular complexity index is 1110. The standard InChI is InChI=1S/2C15H23N2O10.3Hf/c18-2-1-6(15(26)27)3-7-12(23)10(16-4-8(19)20)14(25)11(13(7)24)17-5-9(21)22;18-4-3-7(15(26)27)17-11-13(24)6(1-2-8(19)20)12(23)10(14(11)25)16-5-9(21)22;;;/h2*6-7,10-14,16-18H,1-5H2,(H,19,20)(H,21,22)(H,26,27);;;/q2*-3;3*+4/p-6/t6?,7?,10-,11+,12-,13+,14?;6-,7?,10+,11-,12+,13-,14+;;;/m.0.../s1. The van der Waals surface area contributed by atoms with Gasteiger partial charge in [0.2, 0.25) is 0 Å². The van der Waals surface area contributed by atoms with Gasteiger partial charge in [-0.1, -0.05) is 24.0 Å². The van der Waals surface area contributed by atoms with Gasteiger partial charge in [-0.3, -0.25) is 0 Å². The molecule has 0 saturated heterocycles. The average molecular weight is 1310 g/mol. The van der Waals surface area contributed by atoms with E-state index in [1.54, 1.807) is 0 Å². The number of rotatable bonds is 22. The molecule has 0 radical (unpaired) electrons. The predicted octanol–water partition coefficient (Wildman–Crippen LogP) is -19.1. The summed E-state index contributed by atoms with van der Waals surface area (Å²) in [5, 5.41) is 166. The Labute approximate surface area is 381 Å². The van der Waals surface area contributed by atoms with Crippen LogP contribution >= 0.6 is 0 Å². The topological polar surface area (TPSA) is 468 Å². The van der Waals surface area contributed by atoms with E-state index in [1.807, 2.05) is 0 Å². The third-order valence-corrected chi connectivity index (χ3v) is 9.11. The molecular weight excluding hydrogens is 1270 g/mol. The quantitative estimate of drug-likeness (QED) is 0.0548. The summed E-state index contributed by atoms with van der Waals surface area (Å²) in [5.74, 6) is -13.8. The summed E-state index contributed by atoms with van der Waals surface area (Å²) in [6.45, 7) is -3.69. The second-order valence-corrected chi connectivity index (χ2v) is 12.7. The Morgan fingerprint density at radius 2 is 0.860 bits per heavy atom. The fourth-order valence-electron chi connectivity index (χ4n) is 6.45. The molecule has 24 nitrogen and oxygen atoms in total. The fourth-order valence-corrected chi connectivity index (χ4v) is 6.45. The number of aliphatic carboxylic acids is 6. The average Bonchev–Trinajstić information content (AvgIpc) is 3.06. The number of carbonyl (C=O) groups excluding carboxylic acids is 6. The first-order chi connectivity index (χ1) is 25.2. The number of carbonyl (C=O) groups is 6. The smallest absolute Gasteiger partial charge is 0.851 e. The van der Waals surface area contributed by atoms with Crippen LogP contribution in [0.4, 0.5) is 0 Å². The zero-order chi connectivity index (χ0) is 41.4. The molecule has 2 aliphatic carbocycles. The first kappa shape index (κ1) is 60.3. The number of hydrogen-bond donors (Lipinski definition) is 6. The van der Waals surface area contributed by atoms with Crippen molar-refractivity contribution >= 4 is 35.8 Å². The second kappa shape index (κ2) is 30.1. The van der Waals surface area contributed by atoms with E-state index in [2.05, 4.69) is 21.3 Å². The molecular formula is C30H40Hf3N4O20. The van der Waals surface area contributed by atoms with Crippen LogP contribution in [-0.2, 0) is 106 Å². The van der Waals surface area contributed by atoms with E-state index in [0.29, 0.717) is 0 Å². The molecule has 0 amide bonds. The minimum absolute atomic E-state index is 0. The molecule has 2 fully saturated rings. The first-order valence-electron chi connectivity index (χ1n) is 16.5. The molecule has 0 spiro atoms. The Balaban J connectivity index is -0.000000972. The van der Waals surface area contributed by atoms with Gasteiger partial charge >= 0.3 is 77.5 Å². The summed E-state index contributed by atoms with van der Waals surface area (Å²) in [7, 11) is 0. The molecule has 0 aromatic carbocycles. The van der Waals surface area contributed by atoms with E-state index in [-0.39, 0.29) is 90.4 Å². The van der Waals surface area contributed by atoms with Gasteiger partial charge in [-0.05, 0) is 56.3 Å². The number of hydrogen-bond acceptors (Lipinski definition) is 24. The van der Waals surface area contributed by atoms with Crippen molar-refractivity contribution in [3.05, 3.63) is 0 Å². The van der Waals surface area contributed by atoms with E-state index in [0.717, 1.165) is 0 Å². The van der Waals surface area contributed by atoms with E-state index < -0.39 is 173 Å². The Morgan fingerprint density at radius 3 is 1.19 bits per heavy atom. The van der Waals surface area contributed by atoms with Gasteiger partial charge in [0.05, 0.1) is 23.9 Å². The van der Waals surface area contributed by atoms with Crippen LogP contribution in [0.1, 0.15) is 32.1 Å². The van der Waals surface area contributed by atoms with Crippen LogP contribution in [0.5, 0.6) is 0 Å². The van der Waals surface area contributed by atoms with Crippen molar-refractivity contribution in [2.24, 2.45) is 17.8 Å². The van der Waals surface area contributed by atoms with Gasteiger partial charge in [0.25, 0.3) is 0 Å². The number of carboxylic acids is 6. The molecule has 2 saturated carbocycles. The third kappa shape index (κ3) is 19.5. The predicted molar refractivity (Wildman–Crippen MR) is 147 cm³/mol. The third-order valence-electron chi connectivity index (χ3n) is 9.11. The second-order valence-electron chi connectivity index (χ2n) is 12.7. The molecule has 57 heavy (non-hydrogen) atoms. The molecule has 27 heteroatoms. The number of aliphatic hydroxyl groups is 2. The van der Waals surface area contributed by atoms with E-state index >= 15 is 0 Å². The van der Waals surface area contributed by atoms with Crippen LogP contribution in [0, 0.1) is 17.8 Å². The van der Waals surface area contributed by atoms with Crippen molar-refractivity contribution in [2.75, 3.05) is 32.8 Å². The Morgan fingerprint density at radius 1 is 0.491 bits per heavy atom. The fraction of sp³-hybridized carbons (Fsp3) is 0.800. The Hall–Kier alpha value is -1.05. The largest absolute Gasteiger partial charge is 4.00 e. The molecule has 312 valence electrons. The summed E-state index contributed by atoms with van der Waals surface area (Å²) in [4.78, 5) is 64.7. The van der Waals surface area contributed by atoms with Crippen molar-refractivity contribution in [3.63, 3.8) is 0 Å². The minimum atomic E-state index is -2.02. The van der Waals surface area contributed by atoms with Gasteiger partial charge in [-0.25, -0.2) is 0 Å². The maximum absolute atomic E-state index is 12.6. The summed E-state index contributed by atoms with van der Waals surface area (Å²) in [6, 6.07) is -7.97. The zero-order valence-corrected chi connectivity index (χ0v) is 40.7. The van der Waals surface area contributed by atoms with Gasteiger partial charge < -0.3 is 122 Å². The van der Waals surface area contributed by atoms with Crippen molar-refractivity contribution < 1.29 is 178 Å². The van der Waals surface area contributed by atoms with Gasteiger partial charge in [-0.15, -0.1) is 24.4 Å². The molecule has 0 aromatic rings. The van der Waals surface area contributed by atoms with Gasteiger partial charge in [0.15, 0.2) is 0 Å². The summed E-state index contributed by atoms with van der Waals surface area (Å²) >= 11 is 0. The molecule has 6 N–H and O–H groups in total. The first-order valence-corrected chi connectivity index (χ1v) is 16.5. The molecule has 2 rings (SSSR count). The number of carboxylic acid groups (broad SMARTS) is 6. The van der Waals surface area contributed by atoms with Crippen LogP contribution in [0.2, 0.25) is 0 Å². The van der Waals surface area contributed by atoms with E-state index in [1.165, 1.54) is 0 Å². The van der Waals surface area contributed by atoms with Crippen molar-refractivity contribution in [1.82, 2.24) is 21.3 Å². The van der Waals surface area contributed by atoms with Crippen LogP contribution in [0.25, 0.3) is 0 Å². The van der Waals surface area contributed by atoms with Crippen molar-refractivity contribution in [3.8, 4) is 0 Å².